The fourth-order valence-electron chi connectivity index (χ4n) is 2.76. The molecule has 2 aromatic carbocycles. The number of fused-ring (bicyclic) bond motifs is 1. The predicted octanol–water partition coefficient (Wildman–Crippen LogP) is 2.80. The van der Waals surface area contributed by atoms with Gasteiger partial charge in [-0.1, -0.05) is 23.7 Å². The lowest BCUT2D eigenvalue weighted by Gasteiger charge is -2.15. The number of hydrogen-bond donors (Lipinski definition) is 4. The fourth-order valence-corrected chi connectivity index (χ4v) is 2.95. The Balaban J connectivity index is 1.53. The van der Waals surface area contributed by atoms with Crippen molar-refractivity contribution in [1.29, 1.82) is 0 Å². The van der Waals surface area contributed by atoms with Crippen LogP contribution in [0.2, 0.25) is 5.02 Å². The SMILES string of the molecule is NC(=O)c1cccc(C(O)Nc2nccc(Nc3c(Cl)ccc4c3OCO4)n2)c1. The second kappa shape index (κ2) is 7.82. The minimum atomic E-state index is -1.15. The maximum Gasteiger partial charge on any atom is 0.248 e. The van der Waals surface area contributed by atoms with Crippen LogP contribution in [0.1, 0.15) is 22.1 Å². The average Bonchev–Trinajstić information content (AvgIpc) is 3.19. The second-order valence-electron chi connectivity index (χ2n) is 6.08. The highest BCUT2D eigenvalue weighted by Crippen LogP contribution is 2.44. The van der Waals surface area contributed by atoms with E-state index in [2.05, 4.69) is 20.6 Å². The summed E-state index contributed by atoms with van der Waals surface area (Å²) in [5.41, 5.74) is 6.52. The summed E-state index contributed by atoms with van der Waals surface area (Å²) < 4.78 is 10.8. The molecule has 1 aliphatic rings. The van der Waals surface area contributed by atoms with Gasteiger partial charge in [-0.15, -0.1) is 0 Å². The van der Waals surface area contributed by atoms with Crippen LogP contribution in [0.3, 0.4) is 0 Å². The molecule has 1 aliphatic heterocycles. The predicted molar refractivity (Wildman–Crippen MR) is 106 cm³/mol. The number of carbonyl (C=O) groups is 1. The molecular weight excluding hydrogens is 398 g/mol. The van der Waals surface area contributed by atoms with E-state index in [1.807, 2.05) is 0 Å². The minimum absolute atomic E-state index is 0.109. The molecule has 5 N–H and O–H groups in total. The van der Waals surface area contributed by atoms with Crippen molar-refractivity contribution in [2.75, 3.05) is 17.4 Å². The molecule has 1 aromatic heterocycles. The molecule has 0 saturated heterocycles. The van der Waals surface area contributed by atoms with Crippen LogP contribution in [0.5, 0.6) is 11.5 Å². The van der Waals surface area contributed by atoms with Gasteiger partial charge in [0.25, 0.3) is 0 Å². The summed E-state index contributed by atoms with van der Waals surface area (Å²) >= 11 is 6.27. The van der Waals surface area contributed by atoms with E-state index in [4.69, 9.17) is 26.8 Å². The molecule has 1 unspecified atom stereocenters. The van der Waals surface area contributed by atoms with Crippen molar-refractivity contribution >= 4 is 35.0 Å². The molecule has 148 valence electrons. The lowest BCUT2D eigenvalue weighted by molar-refractivity contribution is 0.1000. The number of nitrogens with two attached hydrogens (primary N) is 1. The van der Waals surface area contributed by atoms with Gasteiger partial charge in [-0.3, -0.25) is 4.79 Å². The Morgan fingerprint density at radius 1 is 1.24 bits per heavy atom. The highest BCUT2D eigenvalue weighted by molar-refractivity contribution is 6.33. The van der Waals surface area contributed by atoms with E-state index in [1.54, 1.807) is 36.4 Å². The number of nitrogens with zero attached hydrogens (tertiary/aromatic N) is 2. The van der Waals surface area contributed by atoms with Gasteiger partial charge in [0.15, 0.2) is 17.7 Å². The zero-order valence-electron chi connectivity index (χ0n) is 14.9. The van der Waals surface area contributed by atoms with Crippen LogP contribution in [0.25, 0.3) is 0 Å². The number of carbonyl (C=O) groups excluding carboxylic acids is 1. The Morgan fingerprint density at radius 3 is 2.93 bits per heavy atom. The van der Waals surface area contributed by atoms with Crippen LogP contribution in [0.4, 0.5) is 17.5 Å². The van der Waals surface area contributed by atoms with Crippen molar-refractivity contribution in [2.24, 2.45) is 5.73 Å². The van der Waals surface area contributed by atoms with Crippen LogP contribution in [-0.2, 0) is 0 Å². The van der Waals surface area contributed by atoms with Gasteiger partial charge < -0.3 is 30.9 Å². The Kier molecular flexibility index (Phi) is 5.07. The summed E-state index contributed by atoms with van der Waals surface area (Å²) in [5, 5.41) is 16.7. The van der Waals surface area contributed by atoms with Crippen molar-refractivity contribution in [2.45, 2.75) is 6.23 Å². The van der Waals surface area contributed by atoms with Crippen molar-refractivity contribution in [3.8, 4) is 11.5 Å². The van der Waals surface area contributed by atoms with Gasteiger partial charge in [0.1, 0.15) is 11.5 Å². The molecule has 1 atom stereocenters. The van der Waals surface area contributed by atoms with Crippen LogP contribution in [0.15, 0.2) is 48.7 Å². The highest BCUT2D eigenvalue weighted by Gasteiger charge is 2.21. The molecule has 0 spiro atoms. The van der Waals surface area contributed by atoms with Crippen LogP contribution < -0.4 is 25.8 Å². The van der Waals surface area contributed by atoms with Gasteiger partial charge in [0.05, 0.1) is 5.02 Å². The third kappa shape index (κ3) is 4.00. The molecule has 9 nitrogen and oxygen atoms in total. The summed E-state index contributed by atoms with van der Waals surface area (Å²) in [4.78, 5) is 19.7. The molecule has 0 fully saturated rings. The van der Waals surface area contributed by atoms with Gasteiger partial charge in [-0.25, -0.2) is 4.98 Å². The van der Waals surface area contributed by atoms with E-state index in [-0.39, 0.29) is 18.3 Å². The Labute approximate surface area is 170 Å². The third-order valence-corrected chi connectivity index (χ3v) is 4.46. The number of aliphatic hydroxyl groups excluding tert-OH is 1. The van der Waals surface area contributed by atoms with E-state index >= 15 is 0 Å². The molecule has 4 rings (SSSR count). The molecule has 0 saturated carbocycles. The van der Waals surface area contributed by atoms with Crippen molar-refractivity contribution in [3.05, 3.63) is 64.8 Å². The number of amides is 1. The first-order valence-corrected chi connectivity index (χ1v) is 8.91. The summed E-state index contributed by atoms with van der Waals surface area (Å²) in [6.45, 7) is 0.109. The number of anilines is 3. The number of ether oxygens (including phenoxy) is 2. The first-order valence-electron chi connectivity index (χ1n) is 8.54. The zero-order chi connectivity index (χ0) is 20.4. The standard InChI is InChI=1S/C19H16ClN5O4/c20-12-4-5-13-16(29-9-28-13)15(12)23-14-6-7-22-19(24-14)25-18(27)11-3-1-2-10(8-11)17(21)26/h1-8,18,27H,9H2,(H2,21,26)(H2,22,23,24,25). The van der Waals surface area contributed by atoms with Gasteiger partial charge in [-0.2, -0.15) is 4.98 Å². The number of hydrogen-bond acceptors (Lipinski definition) is 8. The Morgan fingerprint density at radius 2 is 2.10 bits per heavy atom. The number of halogens is 1. The maximum absolute atomic E-state index is 11.3. The van der Waals surface area contributed by atoms with Crippen molar-refractivity contribution < 1.29 is 19.4 Å². The monoisotopic (exact) mass is 413 g/mol. The minimum Gasteiger partial charge on any atom is -0.454 e. The number of aliphatic hydroxyl groups is 1. The van der Waals surface area contributed by atoms with Gasteiger partial charge in [0.2, 0.25) is 18.6 Å². The number of rotatable bonds is 6. The van der Waals surface area contributed by atoms with Crippen LogP contribution in [-0.4, -0.2) is 27.8 Å². The highest BCUT2D eigenvalue weighted by atomic mass is 35.5. The zero-order valence-corrected chi connectivity index (χ0v) is 15.7. The van der Waals surface area contributed by atoms with Crippen molar-refractivity contribution in [3.63, 3.8) is 0 Å². The third-order valence-electron chi connectivity index (χ3n) is 4.15. The van der Waals surface area contributed by atoms with E-state index in [1.165, 1.54) is 12.3 Å². The Bertz CT molecular complexity index is 1080. The number of nitrogens with one attached hydrogen (secondary N) is 2. The summed E-state index contributed by atoms with van der Waals surface area (Å²) in [7, 11) is 0. The summed E-state index contributed by atoms with van der Waals surface area (Å²) in [6, 6.07) is 11.4. The Hall–Kier alpha value is -3.56. The molecule has 29 heavy (non-hydrogen) atoms. The summed E-state index contributed by atoms with van der Waals surface area (Å²) in [6.07, 6.45) is 0.365. The number of benzene rings is 2. The number of primary amides is 1. The van der Waals surface area contributed by atoms with Crippen molar-refractivity contribution in [1.82, 2.24) is 9.97 Å². The maximum atomic E-state index is 11.3. The summed E-state index contributed by atoms with van der Waals surface area (Å²) in [5.74, 6) is 1.07. The molecule has 10 heteroatoms. The molecular formula is C19H16ClN5O4. The van der Waals surface area contributed by atoms with E-state index in [9.17, 15) is 9.90 Å². The molecule has 0 radical (unpaired) electrons. The first-order chi connectivity index (χ1) is 14.0. The van der Waals surface area contributed by atoms with Gasteiger partial charge in [0, 0.05) is 17.3 Å². The fraction of sp³-hybridized carbons (Fsp3) is 0.105. The van der Waals surface area contributed by atoms with E-state index in [0.29, 0.717) is 33.6 Å². The smallest absolute Gasteiger partial charge is 0.248 e. The first kappa shape index (κ1) is 18.8. The average molecular weight is 414 g/mol. The molecule has 2 heterocycles. The van der Waals surface area contributed by atoms with E-state index in [0.717, 1.165) is 0 Å². The van der Waals surface area contributed by atoms with Gasteiger partial charge in [-0.05, 0) is 30.3 Å². The van der Waals surface area contributed by atoms with Gasteiger partial charge >= 0.3 is 0 Å². The molecule has 1 amide bonds. The molecule has 3 aromatic rings. The number of aromatic nitrogens is 2. The van der Waals surface area contributed by atoms with E-state index < -0.39 is 12.1 Å². The molecule has 0 bridgehead atoms. The second-order valence-corrected chi connectivity index (χ2v) is 6.49. The lowest BCUT2D eigenvalue weighted by atomic mass is 10.1. The largest absolute Gasteiger partial charge is 0.454 e. The normalized spacial score (nSPS) is 13.0. The lowest BCUT2D eigenvalue weighted by Crippen LogP contribution is -2.15. The quantitative estimate of drug-likeness (QED) is 0.453. The van der Waals surface area contributed by atoms with Crippen LogP contribution in [0, 0.1) is 0 Å². The topological polar surface area (TPSA) is 132 Å². The van der Waals surface area contributed by atoms with Crippen LogP contribution >= 0.6 is 11.6 Å². The molecule has 0 aliphatic carbocycles.